The van der Waals surface area contributed by atoms with Gasteiger partial charge >= 0.3 is 12.1 Å². The molecule has 1 fully saturated rings. The summed E-state index contributed by atoms with van der Waals surface area (Å²) in [6.07, 6.45) is -0.101. The van der Waals surface area contributed by atoms with Crippen molar-refractivity contribution in [2.75, 3.05) is 13.1 Å². The Labute approximate surface area is 129 Å². The zero-order valence-corrected chi connectivity index (χ0v) is 12.7. The van der Waals surface area contributed by atoms with Crippen molar-refractivity contribution in [3.63, 3.8) is 0 Å². The van der Waals surface area contributed by atoms with Gasteiger partial charge in [0, 0.05) is 0 Å². The van der Waals surface area contributed by atoms with Crippen LogP contribution in [-0.2, 0) is 16.1 Å². The van der Waals surface area contributed by atoms with E-state index in [0.717, 1.165) is 5.56 Å². The normalized spacial score (nSPS) is 24.5. The van der Waals surface area contributed by atoms with Crippen molar-refractivity contribution in [3.8, 4) is 0 Å². The molecular formula is C16H22N2O4. The van der Waals surface area contributed by atoms with Crippen LogP contribution in [-0.4, -0.2) is 35.8 Å². The van der Waals surface area contributed by atoms with Crippen LogP contribution < -0.4 is 10.6 Å². The van der Waals surface area contributed by atoms with E-state index >= 15 is 0 Å². The molecule has 0 spiro atoms. The topological polar surface area (TPSA) is 87.7 Å². The summed E-state index contributed by atoms with van der Waals surface area (Å²) in [5.74, 6) is -0.904. The third-order valence-corrected chi connectivity index (χ3v) is 4.17. The summed E-state index contributed by atoms with van der Waals surface area (Å²) in [7, 11) is 0. The van der Waals surface area contributed by atoms with Crippen LogP contribution in [0.2, 0.25) is 0 Å². The van der Waals surface area contributed by atoms with Crippen LogP contribution in [0.4, 0.5) is 4.79 Å². The van der Waals surface area contributed by atoms with Crippen LogP contribution >= 0.6 is 0 Å². The number of piperidine rings is 1. The van der Waals surface area contributed by atoms with Crippen LogP contribution in [0.15, 0.2) is 30.3 Å². The summed E-state index contributed by atoms with van der Waals surface area (Å²) in [4.78, 5) is 23.2. The lowest BCUT2D eigenvalue weighted by atomic mass is 9.77. The number of alkyl carbamates (subject to hydrolysis) is 1. The van der Waals surface area contributed by atoms with E-state index in [2.05, 4.69) is 10.6 Å². The molecule has 6 nitrogen and oxygen atoms in total. The number of carboxylic acid groups (broad SMARTS) is 1. The number of carboxylic acids is 1. The molecule has 120 valence electrons. The Hall–Kier alpha value is -2.08. The Morgan fingerprint density at radius 2 is 2.14 bits per heavy atom. The smallest absolute Gasteiger partial charge is 0.407 e. The highest BCUT2D eigenvalue weighted by molar-refractivity contribution is 5.73. The molecule has 0 aliphatic carbocycles. The van der Waals surface area contributed by atoms with E-state index in [-0.39, 0.29) is 18.9 Å². The molecule has 0 aromatic heterocycles. The second kappa shape index (κ2) is 7.26. The van der Waals surface area contributed by atoms with E-state index in [1.165, 1.54) is 0 Å². The fraction of sp³-hybridized carbons (Fsp3) is 0.500. The molecule has 2 unspecified atom stereocenters. The quantitative estimate of drug-likeness (QED) is 0.771. The van der Waals surface area contributed by atoms with Crippen LogP contribution in [0, 0.1) is 5.92 Å². The maximum Gasteiger partial charge on any atom is 0.407 e. The van der Waals surface area contributed by atoms with E-state index in [9.17, 15) is 9.59 Å². The highest BCUT2D eigenvalue weighted by atomic mass is 16.5. The van der Waals surface area contributed by atoms with Gasteiger partial charge in [0.25, 0.3) is 0 Å². The molecule has 6 heteroatoms. The average Bonchev–Trinajstić information content (AvgIpc) is 2.49. The van der Waals surface area contributed by atoms with Gasteiger partial charge in [-0.3, -0.25) is 4.79 Å². The number of carbonyl (C=O) groups excluding carboxylic acids is 1. The van der Waals surface area contributed by atoms with Gasteiger partial charge in [-0.2, -0.15) is 0 Å². The number of aliphatic carboxylic acids is 1. The highest BCUT2D eigenvalue weighted by Crippen LogP contribution is 2.28. The zero-order valence-electron chi connectivity index (χ0n) is 12.7. The Morgan fingerprint density at radius 1 is 1.41 bits per heavy atom. The third kappa shape index (κ3) is 4.21. The maximum atomic E-state index is 12.1. The number of benzene rings is 1. The van der Waals surface area contributed by atoms with Gasteiger partial charge in [-0.1, -0.05) is 37.3 Å². The molecule has 1 heterocycles. The highest BCUT2D eigenvalue weighted by Gasteiger charge is 2.41. The number of rotatable bonds is 5. The number of hydrogen-bond acceptors (Lipinski definition) is 4. The summed E-state index contributed by atoms with van der Waals surface area (Å²) >= 11 is 0. The van der Waals surface area contributed by atoms with Crippen LogP contribution in [0.1, 0.15) is 25.3 Å². The van der Waals surface area contributed by atoms with Crippen molar-refractivity contribution in [3.05, 3.63) is 35.9 Å². The van der Waals surface area contributed by atoms with Crippen molar-refractivity contribution in [1.29, 1.82) is 0 Å². The fourth-order valence-electron chi connectivity index (χ4n) is 2.80. The number of nitrogens with one attached hydrogen (secondary N) is 2. The van der Waals surface area contributed by atoms with Gasteiger partial charge < -0.3 is 20.5 Å². The van der Waals surface area contributed by atoms with E-state index in [4.69, 9.17) is 9.84 Å². The summed E-state index contributed by atoms with van der Waals surface area (Å²) in [5.41, 5.74) is 0.133. The number of hydrogen-bond donors (Lipinski definition) is 3. The first kappa shape index (κ1) is 16.3. The van der Waals surface area contributed by atoms with Crippen LogP contribution in [0.3, 0.4) is 0 Å². The molecule has 0 bridgehead atoms. The van der Waals surface area contributed by atoms with Gasteiger partial charge in [-0.05, 0) is 31.0 Å². The Balaban J connectivity index is 1.97. The molecule has 2 atom stereocenters. The predicted octanol–water partition coefficient (Wildman–Crippen LogP) is 1.76. The van der Waals surface area contributed by atoms with E-state index in [1.54, 1.807) is 0 Å². The molecule has 3 N–H and O–H groups in total. The lowest BCUT2D eigenvalue weighted by molar-refractivity contribution is -0.139. The molecular weight excluding hydrogens is 284 g/mol. The summed E-state index contributed by atoms with van der Waals surface area (Å²) < 4.78 is 5.22. The lowest BCUT2D eigenvalue weighted by Crippen LogP contribution is -2.60. The number of ether oxygens (including phenoxy) is 1. The van der Waals surface area contributed by atoms with Gasteiger partial charge in [-0.25, -0.2) is 4.79 Å². The van der Waals surface area contributed by atoms with Gasteiger partial charge in [0.05, 0.1) is 12.0 Å². The number of amides is 1. The molecule has 2 rings (SSSR count). The first-order valence-corrected chi connectivity index (χ1v) is 7.43. The van der Waals surface area contributed by atoms with E-state index in [0.29, 0.717) is 19.5 Å². The zero-order chi connectivity index (χ0) is 16.0. The molecule has 0 radical (unpaired) electrons. The van der Waals surface area contributed by atoms with E-state index in [1.807, 2.05) is 37.3 Å². The van der Waals surface area contributed by atoms with Crippen molar-refractivity contribution in [2.45, 2.75) is 31.9 Å². The van der Waals surface area contributed by atoms with Gasteiger partial charge in [0.1, 0.15) is 6.61 Å². The van der Waals surface area contributed by atoms with E-state index < -0.39 is 17.6 Å². The van der Waals surface area contributed by atoms with Crippen molar-refractivity contribution < 1.29 is 19.4 Å². The first-order chi connectivity index (χ1) is 10.5. The molecule has 1 aliphatic heterocycles. The fourth-order valence-corrected chi connectivity index (χ4v) is 2.80. The standard InChI is InChI=1S/C16H22N2O4/c1-12-10-17-8-7-16(12,9-14(19)20)18-15(21)22-11-13-5-3-2-4-6-13/h2-6,12,17H,7-11H2,1H3,(H,18,21)(H,19,20). The van der Waals surface area contributed by atoms with Gasteiger partial charge in [-0.15, -0.1) is 0 Å². The minimum absolute atomic E-state index is 0.0154. The summed E-state index contributed by atoms with van der Waals surface area (Å²) in [6.45, 7) is 3.46. The Bertz CT molecular complexity index is 520. The van der Waals surface area contributed by atoms with Crippen LogP contribution in [0.25, 0.3) is 0 Å². The SMILES string of the molecule is CC1CNCCC1(CC(=O)O)NC(=O)OCc1ccccc1. The first-order valence-electron chi connectivity index (χ1n) is 7.43. The molecule has 1 aromatic rings. The minimum Gasteiger partial charge on any atom is -0.481 e. The van der Waals surface area contributed by atoms with Crippen molar-refractivity contribution >= 4 is 12.1 Å². The second-order valence-electron chi connectivity index (χ2n) is 5.77. The Morgan fingerprint density at radius 3 is 2.77 bits per heavy atom. The molecule has 1 amide bonds. The Kier molecular flexibility index (Phi) is 5.38. The lowest BCUT2D eigenvalue weighted by Gasteiger charge is -2.42. The molecule has 1 saturated heterocycles. The third-order valence-electron chi connectivity index (χ3n) is 4.17. The molecule has 1 aliphatic rings. The molecule has 0 saturated carbocycles. The van der Waals surface area contributed by atoms with Crippen molar-refractivity contribution in [1.82, 2.24) is 10.6 Å². The van der Waals surface area contributed by atoms with Gasteiger partial charge in [0.15, 0.2) is 0 Å². The average molecular weight is 306 g/mol. The van der Waals surface area contributed by atoms with Crippen LogP contribution in [0.5, 0.6) is 0 Å². The minimum atomic E-state index is -0.919. The second-order valence-corrected chi connectivity index (χ2v) is 5.77. The molecule has 22 heavy (non-hydrogen) atoms. The van der Waals surface area contributed by atoms with Gasteiger partial charge in [0.2, 0.25) is 0 Å². The monoisotopic (exact) mass is 306 g/mol. The maximum absolute atomic E-state index is 12.1. The predicted molar refractivity (Wildman–Crippen MR) is 81.4 cm³/mol. The van der Waals surface area contributed by atoms with Crippen molar-refractivity contribution in [2.24, 2.45) is 5.92 Å². The largest absolute Gasteiger partial charge is 0.481 e. The summed E-state index contributed by atoms with van der Waals surface area (Å²) in [6, 6.07) is 9.37. The molecule has 1 aromatic carbocycles. The number of carbonyl (C=O) groups is 2. The summed E-state index contributed by atoms with van der Waals surface area (Å²) in [5, 5.41) is 15.2.